The molecule has 0 radical (unpaired) electrons. The normalized spacial score (nSPS) is 12.7. The third kappa shape index (κ3) is 8.93. The Morgan fingerprint density at radius 2 is 1.79 bits per heavy atom. The van der Waals surface area contributed by atoms with Crippen LogP contribution < -0.4 is 10.6 Å². The molecule has 0 saturated carbocycles. The van der Waals surface area contributed by atoms with Gasteiger partial charge in [0.1, 0.15) is 23.4 Å². The molecule has 0 aliphatic carbocycles. The molecule has 0 saturated heterocycles. The van der Waals surface area contributed by atoms with E-state index in [0.29, 0.717) is 28.4 Å². The summed E-state index contributed by atoms with van der Waals surface area (Å²) in [5.74, 6) is -0.648. The minimum Gasteiger partial charge on any atom is -0.507 e. The zero-order chi connectivity index (χ0) is 29.3. The molecule has 0 aromatic heterocycles. The number of hydrogen-bond acceptors (Lipinski definition) is 6. The number of ether oxygens (including phenoxy) is 1. The first-order chi connectivity index (χ1) is 18.3. The highest BCUT2D eigenvalue weighted by molar-refractivity contribution is 7.98. The van der Waals surface area contributed by atoms with Crippen LogP contribution in [0.4, 0.5) is 10.5 Å². The lowest BCUT2D eigenvalue weighted by Crippen LogP contribution is -2.52. The SMILES string of the molecule is C=CCN(C(=O)C(CCSC)NC(=O)OC(C)(C)C)C(C(=O)Nc1c(C)cccc1Cl)c1cccc(C)c1O. The van der Waals surface area contributed by atoms with Crippen molar-refractivity contribution in [2.24, 2.45) is 0 Å². The number of benzene rings is 2. The smallest absolute Gasteiger partial charge is 0.408 e. The molecule has 0 fully saturated rings. The van der Waals surface area contributed by atoms with E-state index in [9.17, 15) is 19.5 Å². The Kier molecular flexibility index (Phi) is 11.7. The average Bonchev–Trinajstić information content (AvgIpc) is 2.84. The van der Waals surface area contributed by atoms with Crippen molar-refractivity contribution in [1.82, 2.24) is 10.2 Å². The minimum absolute atomic E-state index is 0.0302. The fraction of sp³-hybridized carbons (Fsp3) is 0.414. The molecule has 0 aliphatic rings. The summed E-state index contributed by atoms with van der Waals surface area (Å²) in [6.07, 6.45) is 2.94. The molecule has 2 atom stereocenters. The Bertz CT molecular complexity index is 1180. The third-order valence-electron chi connectivity index (χ3n) is 5.80. The van der Waals surface area contributed by atoms with E-state index >= 15 is 0 Å². The van der Waals surface area contributed by atoms with E-state index in [4.69, 9.17) is 16.3 Å². The molecule has 3 N–H and O–H groups in total. The largest absolute Gasteiger partial charge is 0.507 e. The maximum absolute atomic E-state index is 14.1. The molecule has 212 valence electrons. The second kappa shape index (κ2) is 14.3. The van der Waals surface area contributed by atoms with Gasteiger partial charge in [0.25, 0.3) is 5.91 Å². The Morgan fingerprint density at radius 3 is 2.38 bits per heavy atom. The Labute approximate surface area is 240 Å². The van der Waals surface area contributed by atoms with Crippen LogP contribution in [0.1, 0.15) is 49.9 Å². The summed E-state index contributed by atoms with van der Waals surface area (Å²) >= 11 is 7.89. The lowest BCUT2D eigenvalue weighted by atomic mass is 9.98. The van der Waals surface area contributed by atoms with Crippen LogP contribution in [0.25, 0.3) is 0 Å². The fourth-order valence-electron chi connectivity index (χ4n) is 3.94. The quantitative estimate of drug-likeness (QED) is 0.283. The number of rotatable bonds is 11. The van der Waals surface area contributed by atoms with Gasteiger partial charge in [-0.1, -0.05) is 48.0 Å². The molecule has 0 bridgehead atoms. The van der Waals surface area contributed by atoms with Gasteiger partial charge in [-0.15, -0.1) is 6.58 Å². The molecule has 3 amide bonds. The number of thioether (sulfide) groups is 1. The third-order valence-corrected chi connectivity index (χ3v) is 6.76. The number of carbonyl (C=O) groups is 3. The first kappa shape index (κ1) is 32.0. The lowest BCUT2D eigenvalue weighted by molar-refractivity contribution is -0.140. The number of nitrogens with zero attached hydrogens (tertiary/aromatic N) is 1. The Morgan fingerprint density at radius 1 is 1.15 bits per heavy atom. The van der Waals surface area contributed by atoms with Crippen LogP contribution in [0.5, 0.6) is 5.75 Å². The predicted octanol–water partition coefficient (Wildman–Crippen LogP) is 6.00. The molecule has 8 nitrogen and oxygen atoms in total. The highest BCUT2D eigenvalue weighted by atomic mass is 35.5. The highest BCUT2D eigenvalue weighted by Crippen LogP contribution is 2.34. The molecule has 0 heterocycles. The van der Waals surface area contributed by atoms with Gasteiger partial charge in [0, 0.05) is 12.1 Å². The number of amides is 3. The topological polar surface area (TPSA) is 108 Å². The van der Waals surface area contributed by atoms with Gasteiger partial charge in [0.05, 0.1) is 10.7 Å². The van der Waals surface area contributed by atoms with E-state index in [0.717, 1.165) is 5.56 Å². The molecule has 2 aromatic rings. The minimum atomic E-state index is -1.26. The van der Waals surface area contributed by atoms with Crippen molar-refractivity contribution in [1.29, 1.82) is 0 Å². The predicted molar refractivity (Wildman–Crippen MR) is 158 cm³/mol. The van der Waals surface area contributed by atoms with Crippen LogP contribution in [-0.2, 0) is 14.3 Å². The maximum atomic E-state index is 14.1. The molecule has 0 spiro atoms. The van der Waals surface area contributed by atoms with Gasteiger partial charge in [0.2, 0.25) is 5.91 Å². The van der Waals surface area contributed by atoms with Gasteiger partial charge in [-0.25, -0.2) is 4.79 Å². The molecule has 2 aromatic carbocycles. The first-order valence-corrected chi connectivity index (χ1v) is 14.3. The van der Waals surface area contributed by atoms with Crippen LogP contribution in [-0.4, -0.2) is 58.1 Å². The molecule has 2 rings (SSSR count). The van der Waals surface area contributed by atoms with Crippen molar-refractivity contribution in [2.45, 2.75) is 58.7 Å². The average molecular weight is 576 g/mol. The van der Waals surface area contributed by atoms with E-state index < -0.39 is 35.6 Å². The lowest BCUT2D eigenvalue weighted by Gasteiger charge is -2.34. The molecule has 2 unspecified atom stereocenters. The van der Waals surface area contributed by atoms with E-state index in [1.807, 2.05) is 6.26 Å². The second-order valence-electron chi connectivity index (χ2n) is 10.1. The monoisotopic (exact) mass is 575 g/mol. The number of phenolic OH excluding ortho intramolecular Hbond substituents is 1. The van der Waals surface area contributed by atoms with E-state index in [1.54, 1.807) is 71.0 Å². The van der Waals surface area contributed by atoms with E-state index in [-0.39, 0.29) is 17.9 Å². The number of alkyl carbamates (subject to hydrolysis) is 1. The van der Waals surface area contributed by atoms with Crippen molar-refractivity contribution in [3.63, 3.8) is 0 Å². The van der Waals surface area contributed by atoms with Gasteiger partial charge in [-0.2, -0.15) is 11.8 Å². The molecule has 0 aliphatic heterocycles. The summed E-state index contributed by atoms with van der Waals surface area (Å²) in [6, 6.07) is 7.97. The van der Waals surface area contributed by atoms with Gasteiger partial charge in [0.15, 0.2) is 0 Å². The van der Waals surface area contributed by atoms with Gasteiger partial charge < -0.3 is 25.4 Å². The van der Waals surface area contributed by atoms with Crippen molar-refractivity contribution in [3.8, 4) is 5.75 Å². The van der Waals surface area contributed by atoms with Crippen molar-refractivity contribution >= 4 is 47.0 Å². The standard InChI is InChI=1S/C29H38ClN3O5S/c1-8-16-33(27(36)22(15-17-39-7)31-28(37)38-29(4,5)6)24(20-13-9-12-19(3)25(20)34)26(35)32-23-18(2)11-10-14-21(23)30/h8-14,22,24,34H,1,15-17H2,2-7H3,(H,31,37)(H,32,35). The molecular weight excluding hydrogens is 538 g/mol. The van der Waals surface area contributed by atoms with Crippen LogP contribution >= 0.6 is 23.4 Å². The number of carbonyl (C=O) groups excluding carboxylic acids is 3. The zero-order valence-electron chi connectivity index (χ0n) is 23.3. The molecular formula is C29H38ClN3O5S. The summed E-state index contributed by atoms with van der Waals surface area (Å²) in [4.78, 5) is 41.9. The number of phenols is 1. The van der Waals surface area contributed by atoms with Crippen molar-refractivity contribution in [2.75, 3.05) is 23.9 Å². The van der Waals surface area contributed by atoms with Crippen molar-refractivity contribution < 1.29 is 24.2 Å². The van der Waals surface area contributed by atoms with Crippen molar-refractivity contribution in [3.05, 3.63) is 70.8 Å². The van der Waals surface area contributed by atoms with Crippen LogP contribution in [0, 0.1) is 13.8 Å². The van der Waals surface area contributed by atoms with Gasteiger partial charge >= 0.3 is 6.09 Å². The maximum Gasteiger partial charge on any atom is 0.408 e. The van der Waals surface area contributed by atoms with E-state index in [1.165, 1.54) is 22.7 Å². The van der Waals surface area contributed by atoms with Crippen LogP contribution in [0.2, 0.25) is 5.02 Å². The number of halogens is 1. The summed E-state index contributed by atoms with van der Waals surface area (Å²) in [6.45, 7) is 12.4. The van der Waals surface area contributed by atoms with Gasteiger partial charge in [-0.3, -0.25) is 9.59 Å². The van der Waals surface area contributed by atoms with Crippen LogP contribution in [0.15, 0.2) is 49.1 Å². The number of aryl methyl sites for hydroxylation is 2. The Balaban J connectivity index is 2.59. The molecule has 39 heavy (non-hydrogen) atoms. The molecule has 10 heteroatoms. The number of para-hydroxylation sites is 2. The van der Waals surface area contributed by atoms with Gasteiger partial charge in [-0.05, 0) is 70.2 Å². The van der Waals surface area contributed by atoms with E-state index in [2.05, 4.69) is 17.2 Å². The first-order valence-electron chi connectivity index (χ1n) is 12.5. The Hall–Kier alpha value is -3.17. The summed E-state index contributed by atoms with van der Waals surface area (Å²) in [7, 11) is 0. The number of hydrogen-bond donors (Lipinski definition) is 3. The summed E-state index contributed by atoms with van der Waals surface area (Å²) in [5, 5.41) is 16.8. The zero-order valence-corrected chi connectivity index (χ0v) is 24.9. The number of anilines is 1. The summed E-state index contributed by atoms with van der Waals surface area (Å²) in [5.41, 5.74) is 1.14. The highest BCUT2D eigenvalue weighted by Gasteiger charge is 2.37. The number of nitrogens with one attached hydrogen (secondary N) is 2. The summed E-state index contributed by atoms with van der Waals surface area (Å²) < 4.78 is 5.39. The fourth-order valence-corrected chi connectivity index (χ4v) is 4.68. The van der Waals surface area contributed by atoms with Crippen LogP contribution in [0.3, 0.4) is 0 Å². The second-order valence-corrected chi connectivity index (χ2v) is 11.5. The number of aromatic hydroxyl groups is 1.